The number of primary sulfonamides is 1. The lowest BCUT2D eigenvalue weighted by Gasteiger charge is -2.07. The molecular formula is C16H26N2O3S. The standard InChI is InChI=1S/C16H26N2O3S/c1-2-3-4-5-6-7-11-16(19)18-15-10-8-9-14(12-15)13-22(17,20)21/h8-10,12H,2-7,11,13H2,1H3,(H,18,19)(H2,17,20,21). The highest BCUT2D eigenvalue weighted by Crippen LogP contribution is 2.14. The molecule has 0 spiro atoms. The van der Waals surface area contributed by atoms with Crippen molar-refractivity contribution >= 4 is 21.6 Å². The highest BCUT2D eigenvalue weighted by Gasteiger charge is 2.07. The van der Waals surface area contributed by atoms with Gasteiger partial charge in [0.15, 0.2) is 0 Å². The molecule has 0 bridgehead atoms. The Morgan fingerprint density at radius 3 is 2.50 bits per heavy atom. The first-order valence-corrected chi connectivity index (χ1v) is 9.51. The second-order valence-corrected chi connectivity index (χ2v) is 7.19. The average molecular weight is 326 g/mol. The Bertz CT molecular complexity index is 571. The van der Waals surface area contributed by atoms with E-state index in [1.165, 1.54) is 25.7 Å². The molecule has 0 aliphatic carbocycles. The van der Waals surface area contributed by atoms with Crippen molar-refractivity contribution in [1.29, 1.82) is 0 Å². The van der Waals surface area contributed by atoms with E-state index in [4.69, 9.17) is 5.14 Å². The van der Waals surface area contributed by atoms with E-state index in [1.807, 2.05) is 0 Å². The van der Waals surface area contributed by atoms with Crippen LogP contribution in [0.4, 0.5) is 5.69 Å². The average Bonchev–Trinajstić information content (AvgIpc) is 2.41. The lowest BCUT2D eigenvalue weighted by molar-refractivity contribution is -0.116. The Labute approximate surface area is 133 Å². The lowest BCUT2D eigenvalue weighted by Crippen LogP contribution is -2.15. The van der Waals surface area contributed by atoms with Gasteiger partial charge in [0.2, 0.25) is 15.9 Å². The summed E-state index contributed by atoms with van der Waals surface area (Å²) in [5.41, 5.74) is 1.18. The number of benzene rings is 1. The second-order valence-electron chi connectivity index (χ2n) is 5.57. The van der Waals surface area contributed by atoms with E-state index >= 15 is 0 Å². The summed E-state index contributed by atoms with van der Waals surface area (Å²) in [7, 11) is -3.56. The van der Waals surface area contributed by atoms with Gasteiger partial charge in [0.1, 0.15) is 0 Å². The summed E-state index contributed by atoms with van der Waals surface area (Å²) in [4.78, 5) is 11.8. The summed E-state index contributed by atoms with van der Waals surface area (Å²) >= 11 is 0. The van der Waals surface area contributed by atoms with Crippen LogP contribution in [0.25, 0.3) is 0 Å². The number of hydrogen-bond donors (Lipinski definition) is 2. The predicted octanol–water partition coefficient (Wildman–Crippen LogP) is 3.16. The summed E-state index contributed by atoms with van der Waals surface area (Å²) in [5.74, 6) is -0.267. The van der Waals surface area contributed by atoms with Crippen molar-refractivity contribution in [1.82, 2.24) is 0 Å². The number of carbonyl (C=O) groups is 1. The van der Waals surface area contributed by atoms with Gasteiger partial charge in [-0.15, -0.1) is 0 Å². The van der Waals surface area contributed by atoms with E-state index in [-0.39, 0.29) is 11.7 Å². The van der Waals surface area contributed by atoms with Crippen molar-refractivity contribution < 1.29 is 13.2 Å². The van der Waals surface area contributed by atoms with Gasteiger partial charge < -0.3 is 5.32 Å². The summed E-state index contributed by atoms with van der Waals surface area (Å²) < 4.78 is 22.1. The van der Waals surface area contributed by atoms with Crippen LogP contribution in [0.2, 0.25) is 0 Å². The summed E-state index contributed by atoms with van der Waals surface area (Å²) in [6, 6.07) is 6.77. The molecule has 6 heteroatoms. The fourth-order valence-electron chi connectivity index (χ4n) is 2.26. The summed E-state index contributed by atoms with van der Waals surface area (Å²) in [6.45, 7) is 2.18. The fourth-order valence-corrected chi connectivity index (χ4v) is 2.90. The quantitative estimate of drug-likeness (QED) is 0.647. The molecule has 0 unspecified atom stereocenters. The fraction of sp³-hybridized carbons (Fsp3) is 0.562. The van der Waals surface area contributed by atoms with Crippen LogP contribution in [0.3, 0.4) is 0 Å². The zero-order chi connectivity index (χ0) is 16.4. The Kier molecular flexibility index (Phi) is 8.12. The van der Waals surface area contributed by atoms with Crippen molar-refractivity contribution in [2.75, 3.05) is 5.32 Å². The van der Waals surface area contributed by atoms with E-state index in [0.29, 0.717) is 17.7 Å². The second kappa shape index (κ2) is 9.58. The van der Waals surface area contributed by atoms with E-state index in [2.05, 4.69) is 12.2 Å². The van der Waals surface area contributed by atoms with Crippen LogP contribution in [0.1, 0.15) is 57.4 Å². The number of anilines is 1. The number of nitrogens with one attached hydrogen (secondary N) is 1. The maximum atomic E-state index is 11.8. The highest BCUT2D eigenvalue weighted by molar-refractivity contribution is 7.88. The maximum absolute atomic E-state index is 11.8. The lowest BCUT2D eigenvalue weighted by atomic mass is 10.1. The molecule has 1 rings (SSSR count). The SMILES string of the molecule is CCCCCCCCC(=O)Nc1cccc(CS(N)(=O)=O)c1. The molecule has 0 aliphatic rings. The number of amides is 1. The minimum atomic E-state index is -3.56. The molecule has 1 aromatic rings. The maximum Gasteiger partial charge on any atom is 0.224 e. The zero-order valence-electron chi connectivity index (χ0n) is 13.2. The van der Waals surface area contributed by atoms with Crippen molar-refractivity contribution in [3.8, 4) is 0 Å². The first-order chi connectivity index (χ1) is 10.4. The Morgan fingerprint density at radius 2 is 1.82 bits per heavy atom. The first kappa shape index (κ1) is 18.6. The molecule has 3 N–H and O–H groups in total. The molecule has 0 atom stereocenters. The molecule has 0 heterocycles. The predicted molar refractivity (Wildman–Crippen MR) is 89.9 cm³/mol. The monoisotopic (exact) mass is 326 g/mol. The third-order valence-electron chi connectivity index (χ3n) is 3.34. The van der Waals surface area contributed by atoms with Gasteiger partial charge in [0.25, 0.3) is 0 Å². The minimum Gasteiger partial charge on any atom is -0.326 e. The van der Waals surface area contributed by atoms with E-state index in [1.54, 1.807) is 24.3 Å². The first-order valence-electron chi connectivity index (χ1n) is 7.80. The Balaban J connectivity index is 2.36. The number of rotatable bonds is 10. The molecule has 0 aromatic heterocycles. The van der Waals surface area contributed by atoms with Gasteiger partial charge in [0, 0.05) is 12.1 Å². The van der Waals surface area contributed by atoms with E-state index in [9.17, 15) is 13.2 Å². The molecule has 0 fully saturated rings. The van der Waals surface area contributed by atoms with Gasteiger partial charge in [-0.05, 0) is 24.1 Å². The molecule has 5 nitrogen and oxygen atoms in total. The molecular weight excluding hydrogens is 300 g/mol. The van der Waals surface area contributed by atoms with Crippen LogP contribution in [-0.4, -0.2) is 14.3 Å². The third-order valence-corrected chi connectivity index (χ3v) is 4.07. The highest BCUT2D eigenvalue weighted by atomic mass is 32.2. The van der Waals surface area contributed by atoms with Crippen LogP contribution >= 0.6 is 0 Å². The molecule has 0 saturated carbocycles. The molecule has 22 heavy (non-hydrogen) atoms. The zero-order valence-corrected chi connectivity index (χ0v) is 14.0. The molecule has 1 aromatic carbocycles. The Hall–Kier alpha value is -1.40. The topological polar surface area (TPSA) is 89.3 Å². The van der Waals surface area contributed by atoms with Gasteiger partial charge >= 0.3 is 0 Å². The smallest absolute Gasteiger partial charge is 0.224 e. The molecule has 1 amide bonds. The molecule has 0 radical (unpaired) electrons. The van der Waals surface area contributed by atoms with Crippen LogP contribution in [0.15, 0.2) is 24.3 Å². The van der Waals surface area contributed by atoms with Gasteiger partial charge in [0.05, 0.1) is 5.75 Å². The van der Waals surface area contributed by atoms with Gasteiger partial charge in [-0.3, -0.25) is 4.79 Å². The van der Waals surface area contributed by atoms with Gasteiger partial charge in [-0.25, -0.2) is 13.6 Å². The molecule has 0 saturated heterocycles. The van der Waals surface area contributed by atoms with Crippen LogP contribution in [0.5, 0.6) is 0 Å². The summed E-state index contributed by atoms with van der Waals surface area (Å²) in [5, 5.41) is 7.81. The summed E-state index contributed by atoms with van der Waals surface area (Å²) in [6.07, 6.45) is 7.31. The van der Waals surface area contributed by atoms with Crippen molar-refractivity contribution in [3.05, 3.63) is 29.8 Å². The van der Waals surface area contributed by atoms with Crippen molar-refractivity contribution in [2.45, 2.75) is 57.6 Å². The van der Waals surface area contributed by atoms with Gasteiger partial charge in [-0.2, -0.15) is 0 Å². The van der Waals surface area contributed by atoms with Crippen LogP contribution in [0, 0.1) is 0 Å². The molecule has 124 valence electrons. The number of unbranched alkanes of at least 4 members (excludes halogenated alkanes) is 5. The van der Waals surface area contributed by atoms with E-state index in [0.717, 1.165) is 12.8 Å². The number of hydrogen-bond acceptors (Lipinski definition) is 3. The van der Waals surface area contributed by atoms with E-state index < -0.39 is 10.0 Å². The number of carbonyl (C=O) groups excluding carboxylic acids is 1. The van der Waals surface area contributed by atoms with Gasteiger partial charge in [-0.1, -0.05) is 51.2 Å². The minimum absolute atomic E-state index is 0.0387. The number of nitrogens with two attached hydrogens (primary N) is 1. The Morgan fingerprint density at radius 1 is 1.14 bits per heavy atom. The van der Waals surface area contributed by atoms with Crippen LogP contribution < -0.4 is 10.5 Å². The third kappa shape index (κ3) is 8.79. The normalized spacial score (nSPS) is 11.4. The van der Waals surface area contributed by atoms with Crippen LogP contribution in [-0.2, 0) is 20.6 Å². The number of sulfonamides is 1. The largest absolute Gasteiger partial charge is 0.326 e. The van der Waals surface area contributed by atoms with Crippen molar-refractivity contribution in [2.24, 2.45) is 5.14 Å². The molecule has 0 aliphatic heterocycles. The van der Waals surface area contributed by atoms with Crippen molar-refractivity contribution in [3.63, 3.8) is 0 Å².